The molecule has 0 saturated heterocycles. The molecular formula is C69H126O6. The van der Waals surface area contributed by atoms with Gasteiger partial charge in [-0.05, 0) is 83.5 Å². The lowest BCUT2D eigenvalue weighted by Gasteiger charge is -2.18. The van der Waals surface area contributed by atoms with E-state index >= 15 is 0 Å². The number of unbranched alkanes of at least 4 members (excludes halogenated alkanes) is 42. The largest absolute Gasteiger partial charge is 0.462 e. The molecule has 0 heterocycles. The van der Waals surface area contributed by atoms with Gasteiger partial charge in [0.1, 0.15) is 13.2 Å². The summed E-state index contributed by atoms with van der Waals surface area (Å²) >= 11 is 0. The molecule has 1 unspecified atom stereocenters. The molecule has 0 bridgehead atoms. The van der Waals surface area contributed by atoms with E-state index in [4.69, 9.17) is 14.2 Å². The molecule has 0 spiro atoms. The summed E-state index contributed by atoms with van der Waals surface area (Å²) in [5, 5.41) is 0. The number of ether oxygens (including phenoxy) is 3. The van der Waals surface area contributed by atoms with E-state index in [0.717, 1.165) is 103 Å². The fourth-order valence-corrected chi connectivity index (χ4v) is 9.80. The Bertz CT molecular complexity index is 1300. The highest BCUT2D eigenvalue weighted by Crippen LogP contribution is 2.18. The van der Waals surface area contributed by atoms with Gasteiger partial charge >= 0.3 is 17.9 Å². The zero-order valence-corrected chi connectivity index (χ0v) is 50.3. The number of hydrogen-bond acceptors (Lipinski definition) is 6. The zero-order chi connectivity index (χ0) is 54.3. The average molecular weight is 1050 g/mol. The van der Waals surface area contributed by atoms with Crippen molar-refractivity contribution in [2.75, 3.05) is 13.2 Å². The predicted molar refractivity (Wildman–Crippen MR) is 325 cm³/mol. The molecule has 0 aromatic rings. The molecule has 1 atom stereocenters. The molecule has 0 aromatic heterocycles. The second-order valence-electron chi connectivity index (χ2n) is 22.4. The van der Waals surface area contributed by atoms with Crippen molar-refractivity contribution in [1.82, 2.24) is 0 Å². The van der Waals surface area contributed by atoms with E-state index in [1.807, 2.05) is 0 Å². The van der Waals surface area contributed by atoms with Crippen LogP contribution in [0.1, 0.15) is 355 Å². The third kappa shape index (κ3) is 62.1. The van der Waals surface area contributed by atoms with Crippen LogP contribution in [0.2, 0.25) is 0 Å². The number of allylic oxidation sites excluding steroid dienone is 8. The van der Waals surface area contributed by atoms with Gasteiger partial charge in [-0.2, -0.15) is 0 Å². The van der Waals surface area contributed by atoms with Gasteiger partial charge in [-0.1, -0.05) is 301 Å². The summed E-state index contributed by atoms with van der Waals surface area (Å²) in [6, 6.07) is 0. The summed E-state index contributed by atoms with van der Waals surface area (Å²) < 4.78 is 16.9. The average Bonchev–Trinajstić information content (AvgIpc) is 3.41. The van der Waals surface area contributed by atoms with Crippen molar-refractivity contribution in [2.45, 2.75) is 361 Å². The van der Waals surface area contributed by atoms with E-state index in [1.54, 1.807) is 0 Å². The molecule has 0 radical (unpaired) electrons. The molecule has 0 aliphatic carbocycles. The second-order valence-corrected chi connectivity index (χ2v) is 22.4. The monoisotopic (exact) mass is 1050 g/mol. The van der Waals surface area contributed by atoms with Gasteiger partial charge in [-0.3, -0.25) is 14.4 Å². The molecule has 438 valence electrons. The van der Waals surface area contributed by atoms with Crippen LogP contribution in [-0.2, 0) is 28.6 Å². The Morgan fingerprint density at radius 2 is 0.480 bits per heavy atom. The van der Waals surface area contributed by atoms with Crippen molar-refractivity contribution in [1.29, 1.82) is 0 Å². The maximum atomic E-state index is 12.9. The molecule has 0 amide bonds. The summed E-state index contributed by atoms with van der Waals surface area (Å²) in [5.41, 5.74) is 0. The van der Waals surface area contributed by atoms with Crippen molar-refractivity contribution in [3.05, 3.63) is 48.6 Å². The molecule has 0 aromatic carbocycles. The Kier molecular flexibility index (Phi) is 61.7. The first-order chi connectivity index (χ1) is 37.0. The van der Waals surface area contributed by atoms with Crippen molar-refractivity contribution in [2.24, 2.45) is 0 Å². The van der Waals surface area contributed by atoms with Crippen LogP contribution in [0.5, 0.6) is 0 Å². The van der Waals surface area contributed by atoms with Gasteiger partial charge in [-0.15, -0.1) is 0 Å². The molecule has 0 N–H and O–H groups in total. The lowest BCUT2D eigenvalue weighted by molar-refractivity contribution is -0.167. The molecule has 75 heavy (non-hydrogen) atoms. The Labute approximate surface area is 467 Å². The first-order valence-electron chi connectivity index (χ1n) is 33.1. The van der Waals surface area contributed by atoms with Crippen LogP contribution in [0.25, 0.3) is 0 Å². The van der Waals surface area contributed by atoms with E-state index in [9.17, 15) is 14.4 Å². The van der Waals surface area contributed by atoms with Gasteiger partial charge in [0.25, 0.3) is 0 Å². The number of carbonyl (C=O) groups is 3. The van der Waals surface area contributed by atoms with Crippen LogP contribution in [0.15, 0.2) is 48.6 Å². The zero-order valence-electron chi connectivity index (χ0n) is 50.3. The lowest BCUT2D eigenvalue weighted by Crippen LogP contribution is -2.30. The Morgan fingerprint density at radius 3 is 0.747 bits per heavy atom. The highest BCUT2D eigenvalue weighted by atomic mass is 16.6. The van der Waals surface area contributed by atoms with E-state index in [2.05, 4.69) is 69.4 Å². The normalized spacial score (nSPS) is 12.3. The van der Waals surface area contributed by atoms with Gasteiger partial charge in [0.05, 0.1) is 0 Å². The third-order valence-corrected chi connectivity index (χ3v) is 14.8. The highest BCUT2D eigenvalue weighted by Gasteiger charge is 2.19. The minimum Gasteiger partial charge on any atom is -0.462 e. The van der Waals surface area contributed by atoms with Crippen molar-refractivity contribution < 1.29 is 28.6 Å². The van der Waals surface area contributed by atoms with E-state index in [-0.39, 0.29) is 31.1 Å². The first-order valence-corrected chi connectivity index (χ1v) is 33.1. The van der Waals surface area contributed by atoms with Crippen LogP contribution < -0.4 is 0 Å². The van der Waals surface area contributed by atoms with Crippen LogP contribution >= 0.6 is 0 Å². The number of rotatable bonds is 61. The van der Waals surface area contributed by atoms with Gasteiger partial charge in [0.15, 0.2) is 6.10 Å². The van der Waals surface area contributed by atoms with Gasteiger partial charge < -0.3 is 14.2 Å². The number of esters is 3. The van der Waals surface area contributed by atoms with E-state index < -0.39 is 6.10 Å². The van der Waals surface area contributed by atoms with Crippen molar-refractivity contribution in [3.8, 4) is 0 Å². The quantitative estimate of drug-likeness (QED) is 0.0261. The summed E-state index contributed by atoms with van der Waals surface area (Å²) in [4.78, 5) is 38.3. The lowest BCUT2D eigenvalue weighted by atomic mass is 10.0. The summed E-state index contributed by atoms with van der Waals surface area (Å²) in [7, 11) is 0. The topological polar surface area (TPSA) is 78.9 Å². The summed E-state index contributed by atoms with van der Waals surface area (Å²) in [5.74, 6) is -0.887. The first kappa shape index (κ1) is 72.4. The molecule has 0 rings (SSSR count). The van der Waals surface area contributed by atoms with E-state index in [0.29, 0.717) is 19.3 Å². The molecule has 0 aliphatic rings. The number of hydrogen-bond donors (Lipinski definition) is 0. The smallest absolute Gasteiger partial charge is 0.306 e. The minimum absolute atomic E-state index is 0.0800. The van der Waals surface area contributed by atoms with Crippen LogP contribution in [0.4, 0.5) is 0 Å². The molecule has 6 heteroatoms. The summed E-state index contributed by atoms with van der Waals surface area (Å²) in [6.07, 6.45) is 79.8. The standard InChI is InChI=1S/C69H126O6/c1-4-7-10-13-16-19-22-25-28-31-32-33-34-35-36-37-38-39-42-44-47-50-53-56-59-62-68(71)74-65-66(75-69(72)63-60-57-54-51-48-45-41-30-27-24-21-18-15-12-9-6-3)64-73-67(70)61-58-55-52-49-46-43-40-29-26-23-20-17-14-11-8-5-2/h20-21,23-24,29-30,40-41,66H,4-19,22,25-28,31-39,42-65H2,1-3H3/b23-20-,24-21-,40-29-,41-30-. The Balaban J connectivity index is 4.29. The SMILES string of the molecule is CCCCCC/C=C\C/C=C\CCCCCCCC(=O)OCC(COC(=O)CCCCCCCCCCCCCCCCCCCCCCCCCCC)OC(=O)CCCCCCC/C=C\C/C=C\CCCCCC. The van der Waals surface area contributed by atoms with Crippen LogP contribution in [-0.4, -0.2) is 37.2 Å². The summed E-state index contributed by atoms with van der Waals surface area (Å²) in [6.45, 7) is 6.64. The maximum absolute atomic E-state index is 12.9. The minimum atomic E-state index is -0.786. The molecule has 0 aliphatic heterocycles. The molecule has 6 nitrogen and oxygen atoms in total. The second kappa shape index (κ2) is 63.9. The van der Waals surface area contributed by atoms with E-state index in [1.165, 1.54) is 212 Å². The highest BCUT2D eigenvalue weighted by molar-refractivity contribution is 5.71. The Morgan fingerprint density at radius 1 is 0.267 bits per heavy atom. The van der Waals surface area contributed by atoms with Gasteiger partial charge in [-0.25, -0.2) is 0 Å². The fourth-order valence-electron chi connectivity index (χ4n) is 9.80. The molecular weight excluding hydrogens is 925 g/mol. The van der Waals surface area contributed by atoms with Crippen LogP contribution in [0, 0.1) is 0 Å². The van der Waals surface area contributed by atoms with Crippen molar-refractivity contribution in [3.63, 3.8) is 0 Å². The molecule has 0 fully saturated rings. The third-order valence-electron chi connectivity index (χ3n) is 14.8. The predicted octanol–water partition coefficient (Wildman–Crippen LogP) is 22.6. The Hall–Kier alpha value is -2.63. The van der Waals surface area contributed by atoms with Gasteiger partial charge in [0, 0.05) is 19.3 Å². The molecule has 0 saturated carbocycles. The van der Waals surface area contributed by atoms with Gasteiger partial charge in [0.2, 0.25) is 0 Å². The van der Waals surface area contributed by atoms with Crippen LogP contribution in [0.3, 0.4) is 0 Å². The fraction of sp³-hybridized carbons (Fsp3) is 0.841. The number of carbonyl (C=O) groups excluding carboxylic acids is 3. The van der Waals surface area contributed by atoms with Crippen molar-refractivity contribution >= 4 is 17.9 Å². The maximum Gasteiger partial charge on any atom is 0.306 e.